The van der Waals surface area contributed by atoms with Gasteiger partial charge < -0.3 is 4.90 Å². The number of rotatable bonds is 1. The van der Waals surface area contributed by atoms with E-state index in [0.717, 1.165) is 0 Å². The normalized spacial score (nSPS) is 9.82. The van der Waals surface area contributed by atoms with Crippen LogP contribution in [0.15, 0.2) is 12.3 Å². The van der Waals surface area contributed by atoms with Gasteiger partial charge in [0, 0.05) is 20.3 Å². The fraction of sp³-hybridized carbons (Fsp3) is 0.375. The Bertz CT molecular complexity index is 258. The molecule has 1 aromatic rings. The third-order valence-corrected chi connectivity index (χ3v) is 1.52. The second kappa shape index (κ2) is 2.86. The average molecular weight is 154 g/mol. The fourth-order valence-electron chi connectivity index (χ4n) is 0.880. The summed E-state index contributed by atoms with van der Waals surface area (Å²) in [6.07, 6.45) is 1.60. The van der Waals surface area contributed by atoms with Crippen molar-refractivity contribution in [2.75, 3.05) is 19.0 Å². The Morgan fingerprint density at radius 3 is 2.55 bits per heavy atom. The van der Waals surface area contributed by atoms with Crippen molar-refractivity contribution in [2.45, 2.75) is 6.92 Å². The molecule has 0 spiro atoms. The maximum Gasteiger partial charge on any atom is 0.167 e. The van der Waals surface area contributed by atoms with Gasteiger partial charge in [0.15, 0.2) is 5.82 Å². The van der Waals surface area contributed by atoms with Gasteiger partial charge in [-0.05, 0) is 13.0 Å². The molecule has 0 N–H and O–H groups in total. The molecule has 0 amide bonds. The van der Waals surface area contributed by atoms with E-state index in [1.807, 2.05) is 0 Å². The van der Waals surface area contributed by atoms with Crippen molar-refractivity contribution in [1.29, 1.82) is 0 Å². The van der Waals surface area contributed by atoms with E-state index in [1.54, 1.807) is 38.2 Å². The monoisotopic (exact) mass is 154 g/mol. The molecule has 0 bridgehead atoms. The second-order valence-corrected chi connectivity index (χ2v) is 2.62. The zero-order valence-corrected chi connectivity index (χ0v) is 6.93. The smallest absolute Gasteiger partial charge is 0.167 e. The number of aryl methyl sites for hydroxylation is 1. The predicted molar refractivity (Wildman–Crippen MR) is 43.3 cm³/mol. The zero-order valence-electron chi connectivity index (χ0n) is 6.93. The number of pyridine rings is 1. The van der Waals surface area contributed by atoms with Crippen LogP contribution in [0.3, 0.4) is 0 Å². The Labute approximate surface area is 65.7 Å². The maximum absolute atomic E-state index is 13.1. The summed E-state index contributed by atoms with van der Waals surface area (Å²) in [7, 11) is 3.61. The number of halogens is 1. The first-order chi connectivity index (χ1) is 5.13. The molecule has 0 aliphatic rings. The summed E-state index contributed by atoms with van der Waals surface area (Å²) in [6, 6.07) is 1.66. The first-order valence-corrected chi connectivity index (χ1v) is 3.41. The van der Waals surface area contributed by atoms with Crippen LogP contribution in [0.2, 0.25) is 0 Å². The van der Waals surface area contributed by atoms with E-state index in [1.165, 1.54) is 0 Å². The summed E-state index contributed by atoms with van der Waals surface area (Å²) < 4.78 is 13.1. The van der Waals surface area contributed by atoms with Crippen molar-refractivity contribution in [1.82, 2.24) is 4.98 Å². The highest BCUT2D eigenvalue weighted by molar-refractivity contribution is 5.46. The maximum atomic E-state index is 13.1. The molecule has 0 fully saturated rings. The van der Waals surface area contributed by atoms with Crippen molar-refractivity contribution >= 4 is 5.69 Å². The molecule has 0 atom stereocenters. The SMILES string of the molecule is Cc1nccc(N(C)C)c1F. The van der Waals surface area contributed by atoms with Gasteiger partial charge in [0.2, 0.25) is 0 Å². The molecule has 0 radical (unpaired) electrons. The van der Waals surface area contributed by atoms with E-state index in [0.29, 0.717) is 11.4 Å². The van der Waals surface area contributed by atoms with Crippen molar-refractivity contribution < 1.29 is 4.39 Å². The number of hydrogen-bond donors (Lipinski definition) is 0. The first kappa shape index (κ1) is 7.98. The molecular weight excluding hydrogens is 143 g/mol. The number of anilines is 1. The summed E-state index contributed by atoms with van der Waals surface area (Å²) in [5, 5.41) is 0. The minimum atomic E-state index is -0.238. The highest BCUT2D eigenvalue weighted by Crippen LogP contribution is 2.16. The van der Waals surface area contributed by atoms with Crippen molar-refractivity contribution in [3.63, 3.8) is 0 Å². The van der Waals surface area contributed by atoms with Gasteiger partial charge >= 0.3 is 0 Å². The van der Waals surface area contributed by atoms with Crippen LogP contribution >= 0.6 is 0 Å². The number of hydrogen-bond acceptors (Lipinski definition) is 2. The van der Waals surface area contributed by atoms with Crippen molar-refractivity contribution in [2.24, 2.45) is 0 Å². The van der Waals surface area contributed by atoms with Crippen LogP contribution < -0.4 is 4.90 Å². The Balaban J connectivity index is 3.17. The van der Waals surface area contributed by atoms with Crippen molar-refractivity contribution in [3.05, 3.63) is 23.8 Å². The van der Waals surface area contributed by atoms with Gasteiger partial charge in [0.25, 0.3) is 0 Å². The standard InChI is InChI=1S/C8H11FN2/c1-6-8(9)7(11(2)3)4-5-10-6/h4-5H,1-3H3. The molecule has 0 aromatic carbocycles. The van der Waals surface area contributed by atoms with Crippen LogP contribution in [0.1, 0.15) is 5.69 Å². The minimum Gasteiger partial charge on any atom is -0.375 e. The molecule has 0 aliphatic carbocycles. The van der Waals surface area contributed by atoms with Crippen LogP contribution in [0.4, 0.5) is 10.1 Å². The number of aromatic nitrogens is 1. The third-order valence-electron chi connectivity index (χ3n) is 1.52. The van der Waals surface area contributed by atoms with E-state index in [9.17, 15) is 4.39 Å². The Kier molecular flexibility index (Phi) is 2.08. The van der Waals surface area contributed by atoms with Gasteiger partial charge in [-0.3, -0.25) is 4.98 Å². The lowest BCUT2D eigenvalue weighted by molar-refractivity contribution is 0.608. The van der Waals surface area contributed by atoms with Crippen LogP contribution in [-0.4, -0.2) is 19.1 Å². The highest BCUT2D eigenvalue weighted by Gasteiger charge is 2.05. The molecule has 3 heteroatoms. The van der Waals surface area contributed by atoms with Gasteiger partial charge in [-0.1, -0.05) is 0 Å². The summed E-state index contributed by atoms with van der Waals surface area (Å²) in [6.45, 7) is 1.66. The van der Waals surface area contributed by atoms with E-state index < -0.39 is 0 Å². The Morgan fingerprint density at radius 2 is 2.09 bits per heavy atom. The first-order valence-electron chi connectivity index (χ1n) is 3.41. The van der Waals surface area contributed by atoms with Crippen molar-refractivity contribution in [3.8, 4) is 0 Å². The number of nitrogens with zero attached hydrogens (tertiary/aromatic N) is 2. The summed E-state index contributed by atoms with van der Waals surface area (Å²) in [5.74, 6) is -0.238. The molecule has 0 unspecified atom stereocenters. The molecule has 0 aliphatic heterocycles. The van der Waals surface area contributed by atoms with E-state index >= 15 is 0 Å². The molecule has 0 saturated heterocycles. The molecule has 1 aromatic heterocycles. The summed E-state index contributed by atoms with van der Waals surface area (Å²) in [5.41, 5.74) is 1.02. The van der Waals surface area contributed by atoms with Gasteiger partial charge in [0.05, 0.1) is 11.4 Å². The summed E-state index contributed by atoms with van der Waals surface area (Å²) >= 11 is 0. The van der Waals surface area contributed by atoms with Gasteiger partial charge in [0.1, 0.15) is 0 Å². The lowest BCUT2D eigenvalue weighted by Crippen LogP contribution is -2.11. The van der Waals surface area contributed by atoms with Crippen LogP contribution in [-0.2, 0) is 0 Å². The molecule has 0 saturated carbocycles. The highest BCUT2D eigenvalue weighted by atomic mass is 19.1. The van der Waals surface area contributed by atoms with E-state index in [-0.39, 0.29) is 5.82 Å². The third kappa shape index (κ3) is 1.48. The molecule has 1 heterocycles. The van der Waals surface area contributed by atoms with E-state index in [2.05, 4.69) is 4.98 Å². The van der Waals surface area contributed by atoms with Gasteiger partial charge in [-0.15, -0.1) is 0 Å². The minimum absolute atomic E-state index is 0.238. The van der Waals surface area contributed by atoms with Crippen LogP contribution in [0, 0.1) is 12.7 Å². The zero-order chi connectivity index (χ0) is 8.43. The quantitative estimate of drug-likeness (QED) is 0.610. The van der Waals surface area contributed by atoms with Crippen LogP contribution in [0.25, 0.3) is 0 Å². The lowest BCUT2D eigenvalue weighted by atomic mass is 10.3. The molecule has 11 heavy (non-hydrogen) atoms. The van der Waals surface area contributed by atoms with Gasteiger partial charge in [-0.2, -0.15) is 0 Å². The largest absolute Gasteiger partial charge is 0.375 e. The molecular formula is C8H11FN2. The molecule has 60 valence electrons. The molecule has 1 rings (SSSR count). The average Bonchev–Trinajstić information content (AvgIpc) is 1.94. The molecule has 2 nitrogen and oxygen atoms in total. The second-order valence-electron chi connectivity index (χ2n) is 2.62. The Hall–Kier alpha value is -1.12. The lowest BCUT2D eigenvalue weighted by Gasteiger charge is -2.13. The fourth-order valence-corrected chi connectivity index (χ4v) is 0.880. The summed E-state index contributed by atoms with van der Waals surface area (Å²) in [4.78, 5) is 5.55. The van der Waals surface area contributed by atoms with E-state index in [4.69, 9.17) is 0 Å². The topological polar surface area (TPSA) is 16.1 Å². The Morgan fingerprint density at radius 1 is 1.45 bits per heavy atom. The predicted octanol–water partition coefficient (Wildman–Crippen LogP) is 1.60. The van der Waals surface area contributed by atoms with Gasteiger partial charge in [-0.25, -0.2) is 4.39 Å². The van der Waals surface area contributed by atoms with Crippen LogP contribution in [0.5, 0.6) is 0 Å².